The van der Waals surface area contributed by atoms with Crippen LogP contribution in [0.4, 0.5) is 0 Å². The molecule has 0 radical (unpaired) electrons. The average Bonchev–Trinajstić information content (AvgIpc) is 2.54. The van der Waals surface area contributed by atoms with E-state index < -0.39 is 12.1 Å². The molecular formula is C17H18O5. The molecular weight excluding hydrogens is 284 g/mol. The first-order chi connectivity index (χ1) is 10.7. The Balaban J connectivity index is 1.91. The van der Waals surface area contributed by atoms with Gasteiger partial charge >= 0.3 is 5.97 Å². The fourth-order valence-corrected chi connectivity index (χ4v) is 1.83. The number of methoxy groups -OCH3 is 1. The second-order valence-corrected chi connectivity index (χ2v) is 4.65. The molecule has 0 saturated heterocycles. The zero-order valence-corrected chi connectivity index (χ0v) is 12.3. The van der Waals surface area contributed by atoms with Gasteiger partial charge in [-0.3, -0.25) is 0 Å². The summed E-state index contributed by atoms with van der Waals surface area (Å²) in [6.07, 6.45) is -1.03. The van der Waals surface area contributed by atoms with Crippen molar-refractivity contribution in [1.29, 1.82) is 0 Å². The van der Waals surface area contributed by atoms with Gasteiger partial charge in [0.25, 0.3) is 0 Å². The van der Waals surface area contributed by atoms with Gasteiger partial charge in [-0.05, 0) is 29.8 Å². The predicted molar refractivity (Wildman–Crippen MR) is 81.1 cm³/mol. The summed E-state index contributed by atoms with van der Waals surface area (Å²) in [4.78, 5) is 11.0. The molecule has 0 aliphatic carbocycles. The van der Waals surface area contributed by atoms with Gasteiger partial charge in [0.05, 0.1) is 6.61 Å². The summed E-state index contributed by atoms with van der Waals surface area (Å²) in [6, 6.07) is 16.7. The van der Waals surface area contributed by atoms with Crippen LogP contribution in [0.3, 0.4) is 0 Å². The lowest BCUT2D eigenvalue weighted by Gasteiger charge is -2.14. The molecule has 0 saturated carbocycles. The van der Waals surface area contributed by atoms with Crippen molar-refractivity contribution in [2.45, 2.75) is 12.7 Å². The van der Waals surface area contributed by atoms with Gasteiger partial charge in [-0.2, -0.15) is 0 Å². The Labute approximate surface area is 129 Å². The summed E-state index contributed by atoms with van der Waals surface area (Å²) in [5, 5.41) is 9.00. The van der Waals surface area contributed by atoms with E-state index in [-0.39, 0.29) is 6.61 Å². The number of carbonyl (C=O) groups is 1. The predicted octanol–water partition coefficient (Wildman–Crippen LogP) is 2.74. The van der Waals surface area contributed by atoms with Crippen molar-refractivity contribution in [3.8, 4) is 11.5 Å². The molecule has 0 spiro atoms. The molecule has 5 nitrogen and oxygen atoms in total. The number of rotatable bonds is 8. The molecule has 0 fully saturated rings. The quantitative estimate of drug-likeness (QED) is 0.812. The number of benzene rings is 2. The number of hydrogen-bond donors (Lipinski definition) is 1. The van der Waals surface area contributed by atoms with Crippen LogP contribution in [-0.4, -0.2) is 30.9 Å². The molecule has 1 atom stereocenters. The SMILES string of the molecule is COCC(Oc1ccc(OCc2ccccc2)cc1)C(=O)O. The van der Waals surface area contributed by atoms with Crippen molar-refractivity contribution in [2.75, 3.05) is 13.7 Å². The van der Waals surface area contributed by atoms with Crippen LogP contribution in [0.5, 0.6) is 11.5 Å². The minimum Gasteiger partial charge on any atom is -0.489 e. The minimum absolute atomic E-state index is 0.0123. The van der Waals surface area contributed by atoms with Crippen molar-refractivity contribution < 1.29 is 24.1 Å². The van der Waals surface area contributed by atoms with Crippen molar-refractivity contribution in [3.05, 3.63) is 60.2 Å². The molecule has 22 heavy (non-hydrogen) atoms. The van der Waals surface area contributed by atoms with E-state index in [1.54, 1.807) is 24.3 Å². The standard InChI is InChI=1S/C17H18O5/c1-20-12-16(17(18)19)22-15-9-7-14(8-10-15)21-11-13-5-3-2-4-6-13/h2-10,16H,11-12H2,1H3,(H,18,19). The van der Waals surface area contributed by atoms with E-state index in [1.165, 1.54) is 7.11 Å². The van der Waals surface area contributed by atoms with Crippen LogP contribution in [0.15, 0.2) is 54.6 Å². The zero-order valence-electron chi connectivity index (χ0n) is 12.3. The molecule has 5 heteroatoms. The molecule has 0 amide bonds. The van der Waals surface area contributed by atoms with Gasteiger partial charge in [-0.1, -0.05) is 30.3 Å². The highest BCUT2D eigenvalue weighted by molar-refractivity contribution is 5.72. The van der Waals surface area contributed by atoms with Crippen LogP contribution in [0.2, 0.25) is 0 Å². The third-order valence-electron chi connectivity index (χ3n) is 2.94. The van der Waals surface area contributed by atoms with E-state index in [0.29, 0.717) is 18.1 Å². The molecule has 2 aromatic carbocycles. The summed E-state index contributed by atoms with van der Waals surface area (Å²) >= 11 is 0. The van der Waals surface area contributed by atoms with Crippen molar-refractivity contribution >= 4 is 5.97 Å². The molecule has 0 aliphatic heterocycles. The molecule has 1 N–H and O–H groups in total. The van der Waals surface area contributed by atoms with Crippen molar-refractivity contribution in [1.82, 2.24) is 0 Å². The number of ether oxygens (including phenoxy) is 3. The van der Waals surface area contributed by atoms with E-state index >= 15 is 0 Å². The molecule has 0 aliphatic rings. The Morgan fingerprint density at radius 2 is 1.68 bits per heavy atom. The van der Waals surface area contributed by atoms with Gasteiger partial charge in [0.1, 0.15) is 18.1 Å². The molecule has 116 valence electrons. The third-order valence-corrected chi connectivity index (χ3v) is 2.94. The van der Waals surface area contributed by atoms with Crippen LogP contribution < -0.4 is 9.47 Å². The Morgan fingerprint density at radius 1 is 1.05 bits per heavy atom. The Kier molecular flexibility index (Phi) is 5.80. The Bertz CT molecular complexity index is 580. The summed E-state index contributed by atoms with van der Waals surface area (Å²) in [7, 11) is 1.43. The lowest BCUT2D eigenvalue weighted by Crippen LogP contribution is -2.31. The van der Waals surface area contributed by atoms with Crippen LogP contribution in [0.1, 0.15) is 5.56 Å². The highest BCUT2D eigenvalue weighted by Gasteiger charge is 2.18. The maximum Gasteiger partial charge on any atom is 0.347 e. The van der Waals surface area contributed by atoms with E-state index in [2.05, 4.69) is 0 Å². The summed E-state index contributed by atoms with van der Waals surface area (Å²) in [5.41, 5.74) is 1.08. The molecule has 0 heterocycles. The minimum atomic E-state index is -1.06. The van der Waals surface area contributed by atoms with Crippen LogP contribution >= 0.6 is 0 Å². The van der Waals surface area contributed by atoms with Gasteiger partial charge in [-0.15, -0.1) is 0 Å². The van der Waals surface area contributed by atoms with Crippen molar-refractivity contribution in [2.24, 2.45) is 0 Å². The first kappa shape index (κ1) is 15.9. The second kappa shape index (κ2) is 8.05. The maximum atomic E-state index is 11.0. The monoisotopic (exact) mass is 302 g/mol. The third kappa shape index (κ3) is 4.79. The summed E-state index contributed by atoms with van der Waals surface area (Å²) < 4.78 is 15.8. The first-order valence-corrected chi connectivity index (χ1v) is 6.84. The molecule has 2 aromatic rings. The fourth-order valence-electron chi connectivity index (χ4n) is 1.83. The van der Waals surface area contributed by atoms with Crippen molar-refractivity contribution in [3.63, 3.8) is 0 Å². The molecule has 0 aromatic heterocycles. The van der Waals surface area contributed by atoms with Gasteiger partial charge < -0.3 is 19.3 Å². The van der Waals surface area contributed by atoms with E-state index in [4.69, 9.17) is 19.3 Å². The topological polar surface area (TPSA) is 65.0 Å². The first-order valence-electron chi connectivity index (χ1n) is 6.84. The molecule has 2 rings (SSSR count). The zero-order chi connectivity index (χ0) is 15.8. The lowest BCUT2D eigenvalue weighted by molar-refractivity contribution is -0.147. The highest BCUT2D eigenvalue weighted by atomic mass is 16.5. The largest absolute Gasteiger partial charge is 0.489 e. The Hall–Kier alpha value is -2.53. The van der Waals surface area contributed by atoms with E-state index in [1.807, 2.05) is 30.3 Å². The smallest absolute Gasteiger partial charge is 0.347 e. The van der Waals surface area contributed by atoms with Gasteiger partial charge in [-0.25, -0.2) is 4.79 Å². The lowest BCUT2D eigenvalue weighted by atomic mass is 10.2. The van der Waals surface area contributed by atoms with Gasteiger partial charge in [0.15, 0.2) is 0 Å². The number of carboxylic acid groups (broad SMARTS) is 1. The highest BCUT2D eigenvalue weighted by Crippen LogP contribution is 2.19. The van der Waals surface area contributed by atoms with Crippen LogP contribution in [0, 0.1) is 0 Å². The number of aliphatic carboxylic acids is 1. The van der Waals surface area contributed by atoms with Crippen LogP contribution in [-0.2, 0) is 16.1 Å². The Morgan fingerprint density at radius 3 is 2.27 bits per heavy atom. The normalized spacial score (nSPS) is 11.7. The fraction of sp³-hybridized carbons (Fsp3) is 0.235. The summed E-state index contributed by atoms with van der Waals surface area (Å²) in [5.74, 6) is 0.0811. The number of hydrogen-bond acceptors (Lipinski definition) is 4. The average molecular weight is 302 g/mol. The van der Waals surface area contributed by atoms with Crippen LogP contribution in [0.25, 0.3) is 0 Å². The summed E-state index contributed by atoms with van der Waals surface area (Å²) in [6.45, 7) is 0.462. The molecule has 1 unspecified atom stereocenters. The van der Waals surface area contributed by atoms with Gasteiger partial charge in [0, 0.05) is 7.11 Å². The van der Waals surface area contributed by atoms with E-state index in [0.717, 1.165) is 5.56 Å². The van der Waals surface area contributed by atoms with E-state index in [9.17, 15) is 4.79 Å². The van der Waals surface area contributed by atoms with Gasteiger partial charge in [0.2, 0.25) is 6.10 Å². The second-order valence-electron chi connectivity index (χ2n) is 4.65. The molecule has 0 bridgehead atoms. The number of carboxylic acids is 1. The maximum absolute atomic E-state index is 11.0.